The number of nitrogens with one attached hydrogen (secondary N) is 2. The first-order valence-corrected chi connectivity index (χ1v) is 24.3. The number of ether oxygens (including phenoxy) is 4. The van der Waals surface area contributed by atoms with Crippen LogP contribution in [0.3, 0.4) is 0 Å². The quantitative estimate of drug-likeness (QED) is 0.0506. The van der Waals surface area contributed by atoms with E-state index in [1.807, 2.05) is 4.98 Å². The summed E-state index contributed by atoms with van der Waals surface area (Å²) in [5.41, 5.74) is 4.19. The van der Waals surface area contributed by atoms with Crippen LogP contribution in [0.2, 0.25) is 0 Å². The van der Waals surface area contributed by atoms with E-state index < -0.39 is 109 Å². The molecule has 8 N–H and O–H groups in total. The van der Waals surface area contributed by atoms with Crippen LogP contribution in [0.1, 0.15) is 78.0 Å². The average Bonchev–Trinajstić information content (AvgIpc) is 3.45. The Morgan fingerprint density at radius 1 is 0.902 bits per heavy atom. The fraction of sp³-hybridized carbons (Fsp3) is 0.657. The van der Waals surface area contributed by atoms with Gasteiger partial charge < -0.3 is 49.2 Å². The van der Waals surface area contributed by atoms with Crippen molar-refractivity contribution in [2.45, 2.75) is 121 Å². The monoisotopic (exact) mass is 930 g/mol. The highest BCUT2D eigenvalue weighted by Gasteiger charge is 2.52. The van der Waals surface area contributed by atoms with Crippen LogP contribution in [0.25, 0.3) is 0 Å². The Hall–Kier alpha value is -2.95. The van der Waals surface area contributed by atoms with Crippen molar-refractivity contribution in [3.05, 3.63) is 69.0 Å². The molecule has 0 aliphatic carbocycles. The van der Waals surface area contributed by atoms with Gasteiger partial charge in [-0.3, -0.25) is 37.5 Å². The Bertz CT molecular complexity index is 1950. The van der Waals surface area contributed by atoms with E-state index in [0.29, 0.717) is 5.56 Å². The van der Waals surface area contributed by atoms with Gasteiger partial charge in [0.05, 0.1) is 32.0 Å². The number of nitrogens with two attached hydrogens (primary N) is 1. The second-order valence-electron chi connectivity index (χ2n) is 13.9. The summed E-state index contributed by atoms with van der Waals surface area (Å²) in [4.78, 5) is 70.3. The molecule has 0 saturated carbocycles. The predicted molar refractivity (Wildman–Crippen MR) is 215 cm³/mol. The lowest BCUT2D eigenvalue weighted by molar-refractivity contribution is -0.239. The molecule has 26 heteroatoms. The molecule has 2 aliphatic rings. The van der Waals surface area contributed by atoms with Crippen LogP contribution in [0, 0.1) is 0 Å². The summed E-state index contributed by atoms with van der Waals surface area (Å²) >= 11 is 0. The molecule has 0 bridgehead atoms. The minimum absolute atomic E-state index is 0.00153. The average molecular weight is 931 g/mol. The Labute approximate surface area is 351 Å². The summed E-state index contributed by atoms with van der Waals surface area (Å²) in [5.74, 6) is -1.93. The number of hydrogen-bond donors (Lipinski definition) is 7. The maximum Gasteiger partial charge on any atom is 0.483 e. The number of aromatic amines is 1. The number of phosphoric acid groups is 2. The number of carbonyl (C=O) groups is 2. The smallest absolute Gasteiger partial charge is 0.457 e. The molecular formula is C35H57N4O19P3. The Morgan fingerprint density at radius 2 is 1.54 bits per heavy atom. The van der Waals surface area contributed by atoms with Crippen LogP contribution >= 0.6 is 23.2 Å². The van der Waals surface area contributed by atoms with Gasteiger partial charge in [-0.2, -0.15) is 4.31 Å². The molecule has 3 heterocycles. The normalized spacial score (nSPS) is 26.8. The summed E-state index contributed by atoms with van der Waals surface area (Å²) in [7, 11) is -15.1. The summed E-state index contributed by atoms with van der Waals surface area (Å²) in [6, 6.07) is 8.27. The first kappa shape index (κ1) is 52.4. The van der Waals surface area contributed by atoms with Crippen LogP contribution < -0.4 is 22.1 Å². The Balaban J connectivity index is 0.000000987. The maximum atomic E-state index is 13.9. The van der Waals surface area contributed by atoms with E-state index in [1.54, 1.807) is 37.3 Å². The van der Waals surface area contributed by atoms with Crippen LogP contribution in [-0.2, 0) is 66.3 Å². The van der Waals surface area contributed by atoms with Crippen molar-refractivity contribution in [2.24, 2.45) is 5.73 Å². The number of aliphatic hydroxyl groups excluding tert-OH is 2. The zero-order valence-corrected chi connectivity index (χ0v) is 36.9. The highest BCUT2D eigenvalue weighted by molar-refractivity contribution is 7.61. The topological polar surface area (TPSA) is 333 Å². The third-order valence-corrected chi connectivity index (χ3v) is 13.6. The standard InChI is InChI=1S/C27H38N3O19P3.C8H19N/c1-4-43-50(37,14-17-8-6-5-7-9-17)29-18-12-42-26(24(46-16(3)32)23(18)45-15(2)31)48-52(40,41)49-51(38,39)44-13-19-21(34)22(35)25(47-19)30-11-10-20(33)28-27(30)36;1-2-3-4-5-6-7-8-9/h5-11,18-19,21-26,34-35H,4,12-14H2,1-3H3,(H,29,37)(H,38,39)(H,40,41)(H,28,33,36);2-9H2,1H3/t18-,19+,21+,22+,23-,24+,25+,26+,50?;/m0./s1. The van der Waals surface area contributed by atoms with Gasteiger partial charge >= 0.3 is 33.3 Å². The summed E-state index contributed by atoms with van der Waals surface area (Å²) < 4.78 is 81.2. The second kappa shape index (κ2) is 24.8. The molecule has 0 amide bonds. The Kier molecular flexibility index (Phi) is 21.3. The summed E-state index contributed by atoms with van der Waals surface area (Å²) in [5, 5.41) is 23.5. The number of rotatable bonds is 22. The SMILES string of the molecule is CCCCCCCCN.CCOP(=O)(Cc1ccccc1)N[C@H]1CO[C@H](OP(=O)(O)OP(=O)(O)OC[C@H]2O[C@@H](n3ccc(=O)[nH]c3=O)[C@H](O)[C@@H]2O)[C@H](OC(C)=O)[C@H]1OC(C)=O. The minimum atomic E-state index is -5.73. The van der Waals surface area contributed by atoms with E-state index in [-0.39, 0.29) is 12.8 Å². The molecule has 0 spiro atoms. The van der Waals surface area contributed by atoms with Crippen molar-refractivity contribution in [3.8, 4) is 0 Å². The second-order valence-corrected chi connectivity index (χ2v) is 19.0. The zero-order chi connectivity index (χ0) is 45.4. The van der Waals surface area contributed by atoms with Crippen molar-refractivity contribution in [1.82, 2.24) is 14.6 Å². The van der Waals surface area contributed by atoms with Crippen molar-refractivity contribution >= 4 is 35.1 Å². The lowest BCUT2D eigenvalue weighted by atomic mass is 10.0. The number of esters is 2. The number of phosphoric ester groups is 2. The minimum Gasteiger partial charge on any atom is -0.457 e. The van der Waals surface area contributed by atoms with Gasteiger partial charge in [-0.05, 0) is 25.5 Å². The van der Waals surface area contributed by atoms with Crippen LogP contribution in [0.5, 0.6) is 0 Å². The summed E-state index contributed by atoms with van der Waals surface area (Å²) in [6.45, 7) is 5.02. The van der Waals surface area contributed by atoms with E-state index in [4.69, 9.17) is 33.7 Å². The van der Waals surface area contributed by atoms with Crippen molar-refractivity contribution < 1.29 is 80.1 Å². The molecule has 3 unspecified atom stereocenters. The Morgan fingerprint density at radius 3 is 2.15 bits per heavy atom. The zero-order valence-electron chi connectivity index (χ0n) is 34.2. The molecule has 4 rings (SSSR count). The van der Waals surface area contributed by atoms with Crippen LogP contribution in [-0.4, -0.2) is 111 Å². The molecular weight excluding hydrogens is 873 g/mol. The van der Waals surface area contributed by atoms with E-state index in [1.165, 1.54) is 38.5 Å². The van der Waals surface area contributed by atoms with Crippen molar-refractivity contribution in [1.29, 1.82) is 0 Å². The molecule has 2 fully saturated rings. The fourth-order valence-corrected chi connectivity index (χ4v) is 10.4. The fourth-order valence-electron chi connectivity index (χ4n) is 6.16. The number of nitrogens with zero attached hydrogens (tertiary/aromatic N) is 1. The molecule has 2 saturated heterocycles. The number of hydrogen-bond acceptors (Lipinski definition) is 18. The molecule has 23 nitrogen and oxygen atoms in total. The third-order valence-electron chi connectivity index (χ3n) is 8.83. The first-order valence-electron chi connectivity index (χ1n) is 19.5. The van der Waals surface area contributed by atoms with Gasteiger partial charge in [0.2, 0.25) is 6.29 Å². The lowest BCUT2D eigenvalue weighted by Crippen LogP contribution is -2.60. The van der Waals surface area contributed by atoms with Gasteiger partial charge in [0.15, 0.2) is 18.4 Å². The number of unbranched alkanes of at least 4 members (excludes halogenated alkanes) is 5. The highest BCUT2D eigenvalue weighted by atomic mass is 31.3. The molecule has 2 aromatic rings. The van der Waals surface area contributed by atoms with E-state index in [2.05, 4.69) is 20.8 Å². The first-order chi connectivity index (χ1) is 28.7. The van der Waals surface area contributed by atoms with Crippen LogP contribution in [0.15, 0.2) is 52.2 Å². The van der Waals surface area contributed by atoms with E-state index >= 15 is 0 Å². The van der Waals surface area contributed by atoms with Gasteiger partial charge in [-0.25, -0.2) is 19.0 Å². The van der Waals surface area contributed by atoms with Gasteiger partial charge in [0.1, 0.15) is 18.3 Å². The molecule has 0 radical (unpaired) electrons. The van der Waals surface area contributed by atoms with Crippen molar-refractivity contribution in [2.75, 3.05) is 26.4 Å². The predicted octanol–water partition coefficient (Wildman–Crippen LogP) is 2.32. The highest BCUT2D eigenvalue weighted by Crippen LogP contribution is 2.61. The van der Waals surface area contributed by atoms with E-state index in [9.17, 15) is 52.9 Å². The lowest BCUT2D eigenvalue weighted by Gasteiger charge is -2.42. The third kappa shape index (κ3) is 17.3. The molecule has 61 heavy (non-hydrogen) atoms. The van der Waals surface area contributed by atoms with E-state index in [0.717, 1.165) is 37.2 Å². The van der Waals surface area contributed by atoms with Gasteiger partial charge in [-0.1, -0.05) is 69.4 Å². The summed E-state index contributed by atoms with van der Waals surface area (Å²) in [6.07, 6.45) is -3.48. The number of carbonyl (C=O) groups excluding carboxylic acids is 2. The number of benzene rings is 1. The number of aromatic nitrogens is 2. The van der Waals surface area contributed by atoms with Crippen LogP contribution in [0.4, 0.5) is 0 Å². The molecule has 11 atom stereocenters. The van der Waals surface area contributed by atoms with Gasteiger partial charge in [-0.15, -0.1) is 0 Å². The molecule has 1 aromatic heterocycles. The molecule has 1 aromatic carbocycles. The maximum absolute atomic E-state index is 13.9. The largest absolute Gasteiger partial charge is 0.483 e. The van der Waals surface area contributed by atoms with Gasteiger partial charge in [0, 0.05) is 26.1 Å². The molecule has 346 valence electrons. The number of aliphatic hydroxyl groups is 2. The van der Waals surface area contributed by atoms with Gasteiger partial charge in [0.25, 0.3) is 13.1 Å². The van der Waals surface area contributed by atoms with Crippen molar-refractivity contribution in [3.63, 3.8) is 0 Å². The number of H-pyrrole nitrogens is 1. The molecule has 2 aliphatic heterocycles.